The van der Waals surface area contributed by atoms with Crippen molar-refractivity contribution in [3.05, 3.63) is 30.3 Å². The molecule has 7 nitrogen and oxygen atoms in total. The van der Waals surface area contributed by atoms with E-state index in [0.717, 1.165) is 5.75 Å². The van der Waals surface area contributed by atoms with Crippen LogP contribution in [0.4, 0.5) is 4.79 Å². The molecule has 2 N–H and O–H groups in total. The van der Waals surface area contributed by atoms with Gasteiger partial charge in [-0.25, -0.2) is 9.59 Å². The summed E-state index contributed by atoms with van der Waals surface area (Å²) in [5.41, 5.74) is 0. The van der Waals surface area contributed by atoms with Crippen LogP contribution in [0.2, 0.25) is 0 Å². The lowest BCUT2D eigenvalue weighted by molar-refractivity contribution is -0.147. The zero-order valence-corrected chi connectivity index (χ0v) is 11.5. The molecule has 1 aromatic rings. The quantitative estimate of drug-likeness (QED) is 0.775. The van der Waals surface area contributed by atoms with E-state index >= 15 is 0 Å². The van der Waals surface area contributed by atoms with Crippen molar-refractivity contribution < 1.29 is 24.2 Å². The molecule has 21 heavy (non-hydrogen) atoms. The fourth-order valence-electron chi connectivity index (χ4n) is 2.00. The molecule has 1 aliphatic rings. The number of hydrogen-bond acceptors (Lipinski definition) is 4. The molecular weight excluding hydrogens is 276 g/mol. The Labute approximate surface area is 122 Å². The monoisotopic (exact) mass is 294 g/mol. The van der Waals surface area contributed by atoms with Gasteiger partial charge >= 0.3 is 12.0 Å². The highest BCUT2D eigenvalue weighted by Crippen LogP contribution is 2.08. The summed E-state index contributed by atoms with van der Waals surface area (Å²) in [6.45, 7) is 1.25. The smallest absolute Gasteiger partial charge is 0.328 e. The van der Waals surface area contributed by atoms with Crippen molar-refractivity contribution >= 4 is 12.0 Å². The third-order valence-corrected chi connectivity index (χ3v) is 3.06. The zero-order chi connectivity index (χ0) is 15.1. The summed E-state index contributed by atoms with van der Waals surface area (Å²) >= 11 is 0. The molecule has 0 radical (unpaired) electrons. The minimum atomic E-state index is -1.06. The first kappa shape index (κ1) is 15.1. The molecule has 7 heteroatoms. The maximum Gasteiger partial charge on any atom is 0.328 e. The van der Waals surface area contributed by atoms with Crippen LogP contribution in [0, 0.1) is 0 Å². The van der Waals surface area contributed by atoms with E-state index in [1.54, 1.807) is 0 Å². The predicted molar refractivity (Wildman–Crippen MR) is 74.3 cm³/mol. The van der Waals surface area contributed by atoms with Crippen LogP contribution >= 0.6 is 0 Å². The maximum atomic E-state index is 12.0. The summed E-state index contributed by atoms with van der Waals surface area (Å²) in [5, 5.41) is 11.7. The number of ether oxygens (including phenoxy) is 2. The van der Waals surface area contributed by atoms with Gasteiger partial charge in [0.05, 0.1) is 19.8 Å². The number of urea groups is 1. The Kier molecular flexibility index (Phi) is 5.39. The summed E-state index contributed by atoms with van der Waals surface area (Å²) in [4.78, 5) is 24.3. The predicted octanol–water partition coefficient (Wildman–Crippen LogP) is 0.560. The fraction of sp³-hybridized carbons (Fsp3) is 0.429. The molecule has 2 rings (SSSR count). The van der Waals surface area contributed by atoms with Crippen LogP contribution in [0.5, 0.6) is 5.75 Å². The van der Waals surface area contributed by atoms with Gasteiger partial charge in [-0.1, -0.05) is 18.2 Å². The first-order valence-corrected chi connectivity index (χ1v) is 6.71. The highest BCUT2D eigenvalue weighted by Gasteiger charge is 2.32. The Morgan fingerprint density at radius 3 is 2.86 bits per heavy atom. The lowest BCUT2D eigenvalue weighted by Crippen LogP contribution is -2.56. The Balaban J connectivity index is 1.74. The van der Waals surface area contributed by atoms with Crippen LogP contribution in [0.25, 0.3) is 0 Å². The van der Waals surface area contributed by atoms with Gasteiger partial charge in [0.2, 0.25) is 0 Å². The van der Waals surface area contributed by atoms with Crippen molar-refractivity contribution in [2.45, 2.75) is 6.04 Å². The molecule has 1 heterocycles. The summed E-state index contributed by atoms with van der Waals surface area (Å²) in [5.74, 6) is -0.341. The van der Waals surface area contributed by atoms with Gasteiger partial charge in [0.1, 0.15) is 12.4 Å². The van der Waals surface area contributed by atoms with Crippen LogP contribution in [-0.2, 0) is 9.53 Å². The van der Waals surface area contributed by atoms with E-state index in [9.17, 15) is 9.59 Å². The highest BCUT2D eigenvalue weighted by atomic mass is 16.5. The number of nitrogens with zero attached hydrogens (tertiary/aromatic N) is 1. The molecule has 2 amide bonds. The SMILES string of the molecule is O=C(O)C1COCCN1C(=O)NCCOc1ccccc1. The average molecular weight is 294 g/mol. The normalized spacial score (nSPS) is 18.1. The lowest BCUT2D eigenvalue weighted by atomic mass is 10.2. The lowest BCUT2D eigenvalue weighted by Gasteiger charge is -2.32. The molecule has 0 saturated carbocycles. The standard InChI is InChI=1S/C14H18N2O5/c17-13(18)12-10-20-9-7-16(12)14(19)15-6-8-21-11-4-2-1-3-5-11/h1-5,12H,6-10H2,(H,15,19)(H,17,18). The van der Waals surface area contributed by atoms with Crippen molar-refractivity contribution in [3.63, 3.8) is 0 Å². The van der Waals surface area contributed by atoms with Gasteiger partial charge in [-0.05, 0) is 12.1 Å². The molecule has 0 bridgehead atoms. The minimum absolute atomic E-state index is 0.0171. The van der Waals surface area contributed by atoms with Crippen molar-refractivity contribution in [1.29, 1.82) is 0 Å². The molecule has 1 atom stereocenters. The Bertz CT molecular complexity index is 480. The van der Waals surface area contributed by atoms with E-state index in [4.69, 9.17) is 14.6 Å². The number of morpholine rings is 1. The Morgan fingerprint density at radius 2 is 2.14 bits per heavy atom. The number of carboxylic acids is 1. The first-order chi connectivity index (χ1) is 10.2. The molecular formula is C14H18N2O5. The molecule has 0 aromatic heterocycles. The third-order valence-electron chi connectivity index (χ3n) is 3.06. The Hall–Kier alpha value is -2.28. The van der Waals surface area contributed by atoms with Crippen molar-refractivity contribution in [1.82, 2.24) is 10.2 Å². The van der Waals surface area contributed by atoms with Crippen molar-refractivity contribution in [2.24, 2.45) is 0 Å². The number of carbonyl (C=O) groups excluding carboxylic acids is 1. The van der Waals surface area contributed by atoms with Crippen LogP contribution in [0.1, 0.15) is 0 Å². The summed E-state index contributed by atoms with van der Waals surface area (Å²) in [6, 6.07) is 7.90. The number of nitrogens with one attached hydrogen (secondary N) is 1. The van der Waals surface area contributed by atoms with Gasteiger partial charge in [0.15, 0.2) is 6.04 Å². The number of amides is 2. The molecule has 1 fully saturated rings. The number of benzene rings is 1. The van der Waals surface area contributed by atoms with Gasteiger partial charge in [-0.3, -0.25) is 0 Å². The van der Waals surface area contributed by atoms with Gasteiger partial charge < -0.3 is 24.8 Å². The van der Waals surface area contributed by atoms with Crippen LogP contribution < -0.4 is 10.1 Å². The van der Waals surface area contributed by atoms with E-state index in [2.05, 4.69) is 5.32 Å². The van der Waals surface area contributed by atoms with Gasteiger partial charge in [0.25, 0.3) is 0 Å². The van der Waals surface area contributed by atoms with E-state index in [0.29, 0.717) is 19.8 Å². The van der Waals surface area contributed by atoms with E-state index in [1.165, 1.54) is 4.90 Å². The number of para-hydroxylation sites is 1. The van der Waals surface area contributed by atoms with Gasteiger partial charge in [-0.2, -0.15) is 0 Å². The number of carboxylic acid groups (broad SMARTS) is 1. The molecule has 0 aliphatic carbocycles. The van der Waals surface area contributed by atoms with E-state index in [-0.39, 0.29) is 13.2 Å². The van der Waals surface area contributed by atoms with E-state index in [1.807, 2.05) is 30.3 Å². The average Bonchev–Trinajstić information content (AvgIpc) is 2.52. The summed E-state index contributed by atoms with van der Waals surface area (Å²) in [7, 11) is 0. The minimum Gasteiger partial charge on any atom is -0.492 e. The summed E-state index contributed by atoms with van der Waals surface area (Å²) in [6.07, 6.45) is 0. The largest absolute Gasteiger partial charge is 0.492 e. The molecule has 1 unspecified atom stereocenters. The third kappa shape index (κ3) is 4.35. The second kappa shape index (κ2) is 7.49. The van der Waals surface area contributed by atoms with E-state index < -0.39 is 18.0 Å². The number of aliphatic carboxylic acids is 1. The van der Waals surface area contributed by atoms with Gasteiger partial charge in [0, 0.05) is 6.54 Å². The highest BCUT2D eigenvalue weighted by molar-refractivity contribution is 5.82. The fourth-order valence-corrected chi connectivity index (χ4v) is 2.00. The topological polar surface area (TPSA) is 88.1 Å². The van der Waals surface area contributed by atoms with Crippen LogP contribution in [-0.4, -0.2) is 61.0 Å². The van der Waals surface area contributed by atoms with Crippen LogP contribution in [0.15, 0.2) is 30.3 Å². The van der Waals surface area contributed by atoms with Crippen molar-refractivity contribution in [3.8, 4) is 5.75 Å². The van der Waals surface area contributed by atoms with Crippen LogP contribution in [0.3, 0.4) is 0 Å². The number of carbonyl (C=O) groups is 2. The molecule has 114 valence electrons. The molecule has 1 saturated heterocycles. The molecule has 1 aromatic carbocycles. The zero-order valence-electron chi connectivity index (χ0n) is 11.5. The molecule has 1 aliphatic heterocycles. The van der Waals surface area contributed by atoms with Gasteiger partial charge in [-0.15, -0.1) is 0 Å². The second-order valence-electron chi connectivity index (χ2n) is 4.52. The first-order valence-electron chi connectivity index (χ1n) is 6.71. The number of hydrogen-bond donors (Lipinski definition) is 2. The maximum absolute atomic E-state index is 12.0. The second-order valence-corrected chi connectivity index (χ2v) is 4.52. The molecule has 0 spiro atoms. The summed E-state index contributed by atoms with van der Waals surface area (Å²) < 4.78 is 10.5. The Morgan fingerprint density at radius 1 is 1.38 bits per heavy atom. The number of rotatable bonds is 5. The van der Waals surface area contributed by atoms with Crippen molar-refractivity contribution in [2.75, 3.05) is 32.9 Å².